The molecule has 4 nitrogen and oxygen atoms in total. The summed E-state index contributed by atoms with van der Waals surface area (Å²) in [7, 11) is 0. The molecule has 1 aliphatic heterocycles. The maximum Gasteiger partial charge on any atom is 0.153 e. The van der Waals surface area contributed by atoms with Crippen molar-refractivity contribution in [2.45, 2.75) is 5.66 Å². The number of allylic oxidation sites excluding steroid dienone is 1. The van der Waals surface area contributed by atoms with Gasteiger partial charge in [-0.05, 0) is 53.1 Å². The first-order valence-corrected chi connectivity index (χ1v) is 8.50. The van der Waals surface area contributed by atoms with Crippen LogP contribution in [0.25, 0.3) is 16.5 Å². The summed E-state index contributed by atoms with van der Waals surface area (Å²) >= 11 is 3.49. The lowest BCUT2D eigenvalue weighted by atomic mass is 9.96. The first-order chi connectivity index (χ1) is 12.1. The quantitative estimate of drug-likeness (QED) is 0.716. The highest BCUT2D eigenvalue weighted by Gasteiger charge is 2.28. The van der Waals surface area contributed by atoms with E-state index in [-0.39, 0.29) is 0 Å². The second kappa shape index (κ2) is 5.92. The summed E-state index contributed by atoms with van der Waals surface area (Å²) in [6.07, 6.45) is 5.33. The number of rotatable bonds is 2. The molecule has 0 aliphatic carbocycles. The Labute approximate surface area is 153 Å². The van der Waals surface area contributed by atoms with E-state index in [1.807, 2.05) is 54.6 Å². The lowest BCUT2D eigenvalue weighted by molar-refractivity contribution is 0.611. The van der Waals surface area contributed by atoms with E-state index < -0.39 is 5.66 Å². The van der Waals surface area contributed by atoms with Crippen LogP contribution in [0, 0.1) is 11.3 Å². The first-order valence-electron chi connectivity index (χ1n) is 7.71. The summed E-state index contributed by atoms with van der Waals surface area (Å²) in [4.78, 5) is 8.83. The maximum absolute atomic E-state index is 9.06. The highest BCUT2D eigenvalue weighted by Crippen LogP contribution is 2.33. The number of fused-ring (bicyclic) bond motifs is 1. The first kappa shape index (κ1) is 15.7. The number of nitriles is 1. The molecule has 0 bridgehead atoms. The number of nitrogens with two attached hydrogens (primary N) is 1. The Kier molecular flexibility index (Phi) is 3.72. The van der Waals surface area contributed by atoms with Gasteiger partial charge in [0, 0.05) is 22.3 Å². The molecule has 0 saturated carbocycles. The van der Waals surface area contributed by atoms with E-state index in [1.165, 1.54) is 0 Å². The van der Waals surface area contributed by atoms with Gasteiger partial charge in [-0.1, -0.05) is 34.1 Å². The zero-order valence-electron chi connectivity index (χ0n) is 13.1. The summed E-state index contributed by atoms with van der Waals surface area (Å²) < 4.78 is 1.01. The largest absolute Gasteiger partial charge is 0.300 e. The molecule has 2 heterocycles. The third-order valence-corrected chi connectivity index (χ3v) is 4.72. The zero-order chi connectivity index (χ0) is 17.4. The Morgan fingerprint density at radius 1 is 1.12 bits per heavy atom. The second-order valence-electron chi connectivity index (χ2n) is 5.94. The molecule has 0 amide bonds. The molecule has 0 saturated heterocycles. The highest BCUT2D eigenvalue weighted by atomic mass is 79.9. The lowest BCUT2D eigenvalue weighted by Gasteiger charge is -2.19. The van der Waals surface area contributed by atoms with Gasteiger partial charge < -0.3 is 5.73 Å². The van der Waals surface area contributed by atoms with Crippen LogP contribution >= 0.6 is 15.9 Å². The Morgan fingerprint density at radius 3 is 2.80 bits per heavy atom. The van der Waals surface area contributed by atoms with E-state index in [2.05, 4.69) is 32.0 Å². The van der Waals surface area contributed by atoms with Gasteiger partial charge in [0.15, 0.2) is 5.66 Å². The fraction of sp³-hybridized carbons (Fsp3) is 0.0500. The molecule has 2 aromatic carbocycles. The van der Waals surface area contributed by atoms with Crippen molar-refractivity contribution in [3.63, 3.8) is 0 Å². The van der Waals surface area contributed by atoms with Crippen LogP contribution in [0.15, 0.2) is 70.3 Å². The standard InChI is InChI=1S/C20H13BrN4/c21-18-3-1-2-14(8-18)16-9-20(23,25-12-16)17-4-5-19-15(7-17)6-13(10-22)11-24-19/h1-9,11-12H,23H2. The van der Waals surface area contributed by atoms with Crippen molar-refractivity contribution in [3.8, 4) is 6.07 Å². The molecular weight excluding hydrogens is 376 g/mol. The van der Waals surface area contributed by atoms with Crippen molar-refractivity contribution in [1.29, 1.82) is 5.26 Å². The van der Waals surface area contributed by atoms with Crippen molar-refractivity contribution < 1.29 is 0 Å². The van der Waals surface area contributed by atoms with Crippen molar-refractivity contribution in [2.24, 2.45) is 10.7 Å². The van der Waals surface area contributed by atoms with Crippen LogP contribution in [0.1, 0.15) is 16.7 Å². The average molecular weight is 389 g/mol. The Morgan fingerprint density at radius 2 is 2.00 bits per heavy atom. The summed E-state index contributed by atoms with van der Waals surface area (Å²) in [5.41, 5.74) is 9.86. The smallest absolute Gasteiger partial charge is 0.153 e. The molecule has 1 aromatic heterocycles. The van der Waals surface area contributed by atoms with Gasteiger partial charge in [-0.2, -0.15) is 5.26 Å². The lowest BCUT2D eigenvalue weighted by Crippen LogP contribution is -2.30. The molecule has 4 rings (SSSR count). The molecule has 1 unspecified atom stereocenters. The summed E-state index contributed by atoms with van der Waals surface area (Å²) in [5, 5.41) is 9.94. The molecular formula is C20H13BrN4. The Balaban J connectivity index is 1.78. The molecule has 1 atom stereocenters. The minimum absolute atomic E-state index is 0.524. The van der Waals surface area contributed by atoms with Gasteiger partial charge in [0.05, 0.1) is 11.1 Å². The topological polar surface area (TPSA) is 75.1 Å². The Hall–Kier alpha value is -2.81. The average Bonchev–Trinajstić information content (AvgIpc) is 3.04. The summed E-state index contributed by atoms with van der Waals surface area (Å²) in [5.74, 6) is 0. The highest BCUT2D eigenvalue weighted by molar-refractivity contribution is 9.10. The molecule has 1 aliphatic rings. The van der Waals surface area contributed by atoms with E-state index in [1.54, 1.807) is 12.4 Å². The number of halogens is 1. The van der Waals surface area contributed by atoms with Crippen LogP contribution < -0.4 is 5.73 Å². The minimum atomic E-state index is -0.922. The van der Waals surface area contributed by atoms with Gasteiger partial charge in [0.2, 0.25) is 0 Å². The van der Waals surface area contributed by atoms with Gasteiger partial charge >= 0.3 is 0 Å². The van der Waals surface area contributed by atoms with Crippen LogP contribution in [0.2, 0.25) is 0 Å². The number of hydrogen-bond acceptors (Lipinski definition) is 4. The van der Waals surface area contributed by atoms with Gasteiger partial charge in [-0.25, -0.2) is 0 Å². The molecule has 0 spiro atoms. The van der Waals surface area contributed by atoms with Gasteiger partial charge in [0.1, 0.15) is 6.07 Å². The predicted molar refractivity (Wildman–Crippen MR) is 103 cm³/mol. The molecule has 3 aromatic rings. The summed E-state index contributed by atoms with van der Waals surface area (Å²) in [6.45, 7) is 0. The van der Waals surface area contributed by atoms with Gasteiger partial charge in [0.25, 0.3) is 0 Å². The molecule has 0 fully saturated rings. The second-order valence-corrected chi connectivity index (χ2v) is 6.85. The third-order valence-electron chi connectivity index (χ3n) is 4.22. The minimum Gasteiger partial charge on any atom is -0.300 e. The van der Waals surface area contributed by atoms with Crippen LogP contribution in [-0.2, 0) is 5.66 Å². The number of aliphatic imine (C=N–C) groups is 1. The van der Waals surface area contributed by atoms with Gasteiger partial charge in [-0.3, -0.25) is 9.98 Å². The monoisotopic (exact) mass is 388 g/mol. The van der Waals surface area contributed by atoms with Crippen LogP contribution in [0.3, 0.4) is 0 Å². The van der Waals surface area contributed by atoms with Crippen molar-refractivity contribution >= 4 is 38.6 Å². The number of aromatic nitrogens is 1. The molecule has 25 heavy (non-hydrogen) atoms. The number of nitrogens with zero attached hydrogens (tertiary/aromatic N) is 3. The van der Waals surface area contributed by atoms with Crippen LogP contribution in [0.5, 0.6) is 0 Å². The van der Waals surface area contributed by atoms with E-state index in [4.69, 9.17) is 11.0 Å². The van der Waals surface area contributed by atoms with E-state index in [0.717, 1.165) is 32.1 Å². The Bertz CT molecular complexity index is 1090. The third kappa shape index (κ3) is 2.86. The van der Waals surface area contributed by atoms with E-state index >= 15 is 0 Å². The zero-order valence-corrected chi connectivity index (χ0v) is 14.7. The number of benzene rings is 2. The van der Waals surface area contributed by atoms with E-state index in [9.17, 15) is 0 Å². The fourth-order valence-corrected chi connectivity index (χ4v) is 3.31. The normalized spacial score (nSPS) is 19.0. The summed E-state index contributed by atoms with van der Waals surface area (Å²) in [6, 6.07) is 17.7. The molecule has 2 N–H and O–H groups in total. The number of pyridine rings is 1. The van der Waals surface area contributed by atoms with Crippen molar-refractivity contribution in [2.75, 3.05) is 0 Å². The molecule has 5 heteroatoms. The molecule has 120 valence electrons. The fourth-order valence-electron chi connectivity index (χ4n) is 2.91. The van der Waals surface area contributed by atoms with Crippen LogP contribution in [0.4, 0.5) is 0 Å². The van der Waals surface area contributed by atoms with Crippen molar-refractivity contribution in [1.82, 2.24) is 4.98 Å². The predicted octanol–water partition coefficient (Wildman–Crippen LogP) is 4.15. The maximum atomic E-state index is 9.06. The SMILES string of the molecule is N#Cc1cnc2ccc(C3(N)C=C(c4cccc(Br)c4)C=N3)cc2c1. The molecule has 0 radical (unpaired) electrons. The van der Waals surface area contributed by atoms with Crippen molar-refractivity contribution in [3.05, 3.63) is 82.0 Å². The number of hydrogen-bond donors (Lipinski definition) is 1. The van der Waals surface area contributed by atoms with Crippen LogP contribution in [-0.4, -0.2) is 11.2 Å². The van der Waals surface area contributed by atoms with E-state index in [0.29, 0.717) is 5.56 Å². The van der Waals surface area contributed by atoms with Gasteiger partial charge in [-0.15, -0.1) is 0 Å².